The van der Waals surface area contributed by atoms with Crippen LogP contribution >= 0.6 is 11.6 Å². The summed E-state index contributed by atoms with van der Waals surface area (Å²) in [6, 6.07) is 8.04. The van der Waals surface area contributed by atoms with Gasteiger partial charge in [0.25, 0.3) is 0 Å². The van der Waals surface area contributed by atoms with Gasteiger partial charge in [0.15, 0.2) is 0 Å². The molecule has 0 unspecified atom stereocenters. The second-order valence-corrected chi connectivity index (χ2v) is 6.18. The van der Waals surface area contributed by atoms with Crippen LogP contribution in [-0.4, -0.2) is 61.2 Å². The zero-order valence-corrected chi connectivity index (χ0v) is 13.4. The Bertz CT molecular complexity index is 518. The average Bonchev–Trinajstić information content (AvgIpc) is 2.96. The Morgan fingerprint density at radius 2 is 2.00 bits per heavy atom. The van der Waals surface area contributed by atoms with Gasteiger partial charge < -0.3 is 15.0 Å². The third-order valence-corrected chi connectivity index (χ3v) is 4.70. The van der Waals surface area contributed by atoms with Gasteiger partial charge in [-0.3, -0.25) is 4.90 Å². The number of hydrogen-bond donors (Lipinski definition) is 1. The molecule has 2 fully saturated rings. The summed E-state index contributed by atoms with van der Waals surface area (Å²) in [6.45, 7) is 5.19. The minimum absolute atomic E-state index is 0.0977. The molecule has 0 radical (unpaired) electrons. The highest BCUT2D eigenvalue weighted by Gasteiger charge is 2.30. The smallest absolute Gasteiger partial charge is 0.317 e. The van der Waals surface area contributed by atoms with Crippen molar-refractivity contribution in [3.8, 4) is 5.75 Å². The summed E-state index contributed by atoms with van der Waals surface area (Å²) < 4.78 is 5.74. The molecule has 2 aliphatic heterocycles. The van der Waals surface area contributed by atoms with Crippen molar-refractivity contribution < 1.29 is 9.53 Å². The lowest BCUT2D eigenvalue weighted by Gasteiger charge is -2.36. The minimum atomic E-state index is 0.0977. The van der Waals surface area contributed by atoms with Crippen molar-refractivity contribution in [3.63, 3.8) is 0 Å². The highest BCUT2D eigenvalue weighted by atomic mass is 35.5. The van der Waals surface area contributed by atoms with Crippen molar-refractivity contribution in [1.82, 2.24) is 15.1 Å². The first-order valence-electron chi connectivity index (χ1n) is 7.88. The molecular formula is C16H22ClN3O2. The van der Waals surface area contributed by atoms with Crippen molar-refractivity contribution in [2.45, 2.75) is 18.9 Å². The summed E-state index contributed by atoms with van der Waals surface area (Å²) >= 11 is 6.07. The molecule has 3 rings (SSSR count). The third-order valence-electron chi connectivity index (χ3n) is 4.39. The van der Waals surface area contributed by atoms with E-state index >= 15 is 0 Å². The van der Waals surface area contributed by atoms with E-state index < -0.39 is 0 Å². The van der Waals surface area contributed by atoms with Gasteiger partial charge in [0.1, 0.15) is 12.4 Å². The van der Waals surface area contributed by atoms with Gasteiger partial charge in [0.2, 0.25) is 0 Å². The number of nitrogens with zero attached hydrogens (tertiary/aromatic N) is 2. The maximum Gasteiger partial charge on any atom is 0.317 e. The molecule has 0 aliphatic carbocycles. The summed E-state index contributed by atoms with van der Waals surface area (Å²) in [5.41, 5.74) is 0. The van der Waals surface area contributed by atoms with Crippen LogP contribution in [0.5, 0.6) is 5.75 Å². The van der Waals surface area contributed by atoms with Crippen LogP contribution in [0.2, 0.25) is 5.02 Å². The molecule has 1 N–H and O–H groups in total. The van der Waals surface area contributed by atoms with Crippen LogP contribution in [0, 0.1) is 0 Å². The molecule has 1 aromatic carbocycles. The number of amides is 2. The fourth-order valence-corrected chi connectivity index (χ4v) is 3.33. The standard InChI is InChI=1S/C16H22ClN3O2/c17-14-3-1-2-4-15(14)22-12-11-19-8-5-13(6-9-19)20-10-7-18-16(20)21/h1-4,13H,5-12H2,(H,18,21). The summed E-state index contributed by atoms with van der Waals surface area (Å²) in [5.74, 6) is 0.743. The maximum absolute atomic E-state index is 11.7. The highest BCUT2D eigenvalue weighted by molar-refractivity contribution is 6.32. The Hall–Kier alpha value is -1.46. The molecule has 5 nitrogen and oxygen atoms in total. The molecule has 0 bridgehead atoms. The quantitative estimate of drug-likeness (QED) is 0.903. The summed E-state index contributed by atoms with van der Waals surface area (Å²) in [7, 11) is 0. The molecule has 2 heterocycles. The number of ether oxygens (including phenoxy) is 1. The molecule has 120 valence electrons. The van der Waals surface area contributed by atoms with Crippen LogP contribution in [0.1, 0.15) is 12.8 Å². The Morgan fingerprint density at radius 1 is 1.23 bits per heavy atom. The van der Waals surface area contributed by atoms with E-state index in [4.69, 9.17) is 16.3 Å². The number of carbonyl (C=O) groups excluding carboxylic acids is 1. The molecule has 0 spiro atoms. The Balaban J connectivity index is 1.39. The number of urea groups is 1. The molecule has 0 atom stereocenters. The van der Waals surface area contributed by atoms with Gasteiger partial charge in [-0.05, 0) is 25.0 Å². The van der Waals surface area contributed by atoms with Crippen LogP contribution in [0.25, 0.3) is 0 Å². The number of halogens is 1. The molecule has 2 saturated heterocycles. The lowest BCUT2D eigenvalue weighted by Crippen LogP contribution is -2.46. The number of carbonyl (C=O) groups is 1. The number of rotatable bonds is 5. The molecular weight excluding hydrogens is 302 g/mol. The van der Waals surface area contributed by atoms with Crippen molar-refractivity contribution in [2.75, 3.05) is 39.3 Å². The van der Waals surface area contributed by atoms with Gasteiger partial charge >= 0.3 is 6.03 Å². The number of nitrogens with one attached hydrogen (secondary N) is 1. The predicted octanol–water partition coefficient (Wildman–Crippen LogP) is 2.21. The molecule has 2 amide bonds. The number of piperidine rings is 1. The topological polar surface area (TPSA) is 44.8 Å². The summed E-state index contributed by atoms with van der Waals surface area (Å²) in [4.78, 5) is 16.1. The van der Waals surface area contributed by atoms with E-state index in [0.717, 1.165) is 51.3 Å². The number of likely N-dealkylation sites (tertiary alicyclic amines) is 1. The van der Waals surface area contributed by atoms with Crippen LogP contribution in [-0.2, 0) is 0 Å². The maximum atomic E-state index is 11.7. The monoisotopic (exact) mass is 323 g/mol. The van der Waals surface area contributed by atoms with Gasteiger partial charge in [-0.1, -0.05) is 23.7 Å². The van der Waals surface area contributed by atoms with E-state index in [2.05, 4.69) is 10.2 Å². The fraction of sp³-hybridized carbons (Fsp3) is 0.562. The molecule has 2 aliphatic rings. The van der Waals surface area contributed by atoms with Crippen LogP contribution in [0.15, 0.2) is 24.3 Å². The second-order valence-electron chi connectivity index (χ2n) is 5.78. The predicted molar refractivity (Wildman–Crippen MR) is 86.5 cm³/mol. The largest absolute Gasteiger partial charge is 0.491 e. The first-order valence-corrected chi connectivity index (χ1v) is 8.26. The SMILES string of the molecule is O=C1NCCN1C1CCN(CCOc2ccccc2Cl)CC1. The molecule has 0 aromatic heterocycles. The van der Waals surface area contributed by atoms with Gasteiger partial charge in [-0.25, -0.2) is 4.79 Å². The molecule has 1 aromatic rings. The van der Waals surface area contributed by atoms with Crippen molar-refractivity contribution in [2.24, 2.45) is 0 Å². The number of hydrogen-bond acceptors (Lipinski definition) is 3. The fourth-order valence-electron chi connectivity index (χ4n) is 3.14. The van der Waals surface area contributed by atoms with E-state index in [0.29, 0.717) is 17.7 Å². The van der Waals surface area contributed by atoms with E-state index in [1.807, 2.05) is 29.2 Å². The lowest BCUT2D eigenvalue weighted by atomic mass is 10.0. The zero-order chi connectivity index (χ0) is 15.4. The zero-order valence-electron chi connectivity index (χ0n) is 12.6. The number of para-hydroxylation sites is 1. The Morgan fingerprint density at radius 3 is 2.68 bits per heavy atom. The molecule has 0 saturated carbocycles. The van der Waals surface area contributed by atoms with E-state index in [9.17, 15) is 4.79 Å². The van der Waals surface area contributed by atoms with E-state index in [-0.39, 0.29) is 6.03 Å². The van der Waals surface area contributed by atoms with Crippen LogP contribution in [0.4, 0.5) is 4.79 Å². The first kappa shape index (κ1) is 15.4. The minimum Gasteiger partial charge on any atom is -0.491 e. The third kappa shape index (κ3) is 3.65. The van der Waals surface area contributed by atoms with Gasteiger partial charge in [0, 0.05) is 38.8 Å². The lowest BCUT2D eigenvalue weighted by molar-refractivity contribution is 0.123. The highest BCUT2D eigenvalue weighted by Crippen LogP contribution is 2.23. The van der Waals surface area contributed by atoms with Gasteiger partial charge in [-0.2, -0.15) is 0 Å². The molecule has 6 heteroatoms. The van der Waals surface area contributed by atoms with E-state index in [1.54, 1.807) is 0 Å². The second kappa shape index (κ2) is 7.20. The van der Waals surface area contributed by atoms with Crippen molar-refractivity contribution in [3.05, 3.63) is 29.3 Å². The van der Waals surface area contributed by atoms with Crippen LogP contribution < -0.4 is 10.1 Å². The normalized spacial score (nSPS) is 20.2. The number of benzene rings is 1. The van der Waals surface area contributed by atoms with Crippen molar-refractivity contribution in [1.29, 1.82) is 0 Å². The van der Waals surface area contributed by atoms with Crippen molar-refractivity contribution >= 4 is 17.6 Å². The summed E-state index contributed by atoms with van der Waals surface area (Å²) in [6.07, 6.45) is 2.08. The average molecular weight is 324 g/mol. The van der Waals surface area contributed by atoms with Crippen LogP contribution in [0.3, 0.4) is 0 Å². The van der Waals surface area contributed by atoms with Gasteiger partial charge in [0.05, 0.1) is 5.02 Å². The van der Waals surface area contributed by atoms with E-state index in [1.165, 1.54) is 0 Å². The first-order chi connectivity index (χ1) is 10.7. The summed E-state index contributed by atoms with van der Waals surface area (Å²) in [5, 5.41) is 3.53. The molecule has 22 heavy (non-hydrogen) atoms. The Kier molecular flexibility index (Phi) is 5.05. The Labute approximate surface area is 136 Å². The van der Waals surface area contributed by atoms with Gasteiger partial charge in [-0.15, -0.1) is 0 Å².